The van der Waals surface area contributed by atoms with E-state index in [0.29, 0.717) is 5.02 Å². The van der Waals surface area contributed by atoms with Crippen LogP contribution in [0, 0.1) is 0 Å². The van der Waals surface area contributed by atoms with Crippen LogP contribution in [0.2, 0.25) is 5.02 Å². The Morgan fingerprint density at radius 1 is 0.862 bits per heavy atom. The Bertz CT molecular complexity index is 1040. The number of ketones is 1. The number of rotatable bonds is 5. The van der Waals surface area contributed by atoms with Gasteiger partial charge in [0.05, 0.1) is 5.02 Å². The number of nitrogens with one attached hydrogen (secondary N) is 1. The smallest absolute Gasteiger partial charge is 0.241 e. The van der Waals surface area contributed by atoms with Gasteiger partial charge >= 0.3 is 0 Å². The zero-order chi connectivity index (χ0) is 20.4. The first-order valence-electron chi connectivity index (χ1n) is 9.10. The zero-order valence-corrected chi connectivity index (χ0v) is 18.4. The number of amides is 1. The monoisotopic (exact) mass is 485 g/mol. The Labute approximate surface area is 187 Å². The maximum absolute atomic E-state index is 13.3. The normalized spacial score (nSPS) is 19.8. The van der Waals surface area contributed by atoms with Crippen molar-refractivity contribution in [3.8, 4) is 0 Å². The van der Waals surface area contributed by atoms with Crippen LogP contribution in [0.5, 0.6) is 0 Å². The molecule has 0 radical (unpaired) electrons. The van der Waals surface area contributed by atoms with Crippen LogP contribution < -0.4 is 5.32 Å². The molecule has 1 aliphatic rings. The second kappa shape index (κ2) is 8.74. The third-order valence-electron chi connectivity index (χ3n) is 4.90. The van der Waals surface area contributed by atoms with Crippen LogP contribution in [0.15, 0.2) is 88.2 Å². The molecule has 3 unspecified atom stereocenters. The fourth-order valence-electron chi connectivity index (χ4n) is 3.53. The minimum absolute atomic E-state index is 0.128. The largest absolute Gasteiger partial charge is 0.344 e. The molecule has 0 aliphatic carbocycles. The summed E-state index contributed by atoms with van der Waals surface area (Å²) in [5.74, 6) is -0.669. The maximum atomic E-state index is 13.3. The van der Waals surface area contributed by atoms with Crippen LogP contribution in [0.3, 0.4) is 0 Å². The lowest BCUT2D eigenvalue weighted by Crippen LogP contribution is -2.36. The van der Waals surface area contributed by atoms with Gasteiger partial charge in [0.15, 0.2) is 5.78 Å². The summed E-state index contributed by atoms with van der Waals surface area (Å²) in [6.45, 7) is 0. The molecule has 0 aromatic heterocycles. The molecule has 0 spiro atoms. The number of thioether (sulfide) groups is 1. The van der Waals surface area contributed by atoms with Crippen molar-refractivity contribution in [3.05, 3.63) is 99.5 Å². The van der Waals surface area contributed by atoms with Crippen LogP contribution in [0.1, 0.15) is 17.0 Å². The van der Waals surface area contributed by atoms with E-state index in [9.17, 15) is 9.59 Å². The fourth-order valence-corrected chi connectivity index (χ4v) is 5.09. The third-order valence-corrected chi connectivity index (χ3v) is 7.17. The summed E-state index contributed by atoms with van der Waals surface area (Å²) in [5.41, 5.74) is 1.96. The van der Waals surface area contributed by atoms with Crippen LogP contribution in [0.25, 0.3) is 0 Å². The van der Waals surface area contributed by atoms with E-state index in [1.54, 1.807) is 6.07 Å². The van der Waals surface area contributed by atoms with Crippen molar-refractivity contribution in [2.75, 3.05) is 0 Å². The summed E-state index contributed by atoms with van der Waals surface area (Å²) >= 11 is 10.9. The number of hydrogen-bond acceptors (Lipinski definition) is 3. The first-order valence-corrected chi connectivity index (χ1v) is 11.2. The first kappa shape index (κ1) is 20.2. The topological polar surface area (TPSA) is 46.2 Å². The van der Waals surface area contributed by atoms with Crippen LogP contribution in [0.4, 0.5) is 0 Å². The number of Topliss-reactive ketones (excluding diaryl/α,β-unsaturated/α-hetero) is 1. The number of halogens is 2. The quantitative estimate of drug-likeness (QED) is 0.487. The van der Waals surface area contributed by atoms with E-state index in [2.05, 4.69) is 21.2 Å². The van der Waals surface area contributed by atoms with Crippen molar-refractivity contribution in [1.82, 2.24) is 5.32 Å². The highest BCUT2D eigenvalue weighted by atomic mass is 79.9. The highest BCUT2D eigenvalue weighted by molar-refractivity contribution is 9.10. The van der Waals surface area contributed by atoms with E-state index in [0.717, 1.165) is 20.5 Å². The maximum Gasteiger partial charge on any atom is 0.241 e. The van der Waals surface area contributed by atoms with Gasteiger partial charge in [-0.05, 0) is 35.4 Å². The van der Waals surface area contributed by atoms with E-state index in [4.69, 9.17) is 11.6 Å². The van der Waals surface area contributed by atoms with Gasteiger partial charge in [-0.1, -0.05) is 82.1 Å². The van der Waals surface area contributed by atoms with Crippen molar-refractivity contribution in [1.29, 1.82) is 0 Å². The molecular formula is C23H17BrClNO2S. The Morgan fingerprint density at radius 3 is 2.17 bits per heavy atom. The van der Waals surface area contributed by atoms with E-state index in [1.807, 2.05) is 72.8 Å². The molecule has 0 bridgehead atoms. The molecule has 4 rings (SSSR count). The molecule has 0 saturated carbocycles. The second-order valence-electron chi connectivity index (χ2n) is 6.76. The van der Waals surface area contributed by atoms with Gasteiger partial charge in [-0.15, -0.1) is 11.8 Å². The van der Waals surface area contributed by atoms with Gasteiger partial charge in [-0.25, -0.2) is 0 Å². The lowest BCUT2D eigenvalue weighted by atomic mass is 9.84. The van der Waals surface area contributed by atoms with E-state index in [-0.39, 0.29) is 17.6 Å². The lowest BCUT2D eigenvalue weighted by Gasteiger charge is -2.24. The molecule has 6 heteroatoms. The molecule has 1 heterocycles. The Kier molecular flexibility index (Phi) is 6.09. The number of benzene rings is 3. The van der Waals surface area contributed by atoms with E-state index < -0.39 is 11.3 Å². The SMILES string of the molecule is O=C1NC(C(c2ccccc2)c2ccc(Br)cc2)C(=O)C1Sc1ccccc1Cl. The Hall–Kier alpha value is -2.08. The van der Waals surface area contributed by atoms with Gasteiger partial charge in [0.1, 0.15) is 11.3 Å². The number of hydrogen-bond donors (Lipinski definition) is 1. The lowest BCUT2D eigenvalue weighted by molar-refractivity contribution is -0.121. The molecule has 1 amide bonds. The molecule has 1 aliphatic heterocycles. The van der Waals surface area contributed by atoms with Crippen LogP contribution in [-0.2, 0) is 9.59 Å². The zero-order valence-electron chi connectivity index (χ0n) is 15.2. The predicted molar refractivity (Wildman–Crippen MR) is 120 cm³/mol. The minimum atomic E-state index is -0.818. The average molecular weight is 487 g/mol. The summed E-state index contributed by atoms with van der Waals surface area (Å²) in [7, 11) is 0. The summed E-state index contributed by atoms with van der Waals surface area (Å²) < 4.78 is 0.960. The van der Waals surface area contributed by atoms with Gasteiger partial charge in [0, 0.05) is 15.3 Å². The molecule has 3 atom stereocenters. The van der Waals surface area contributed by atoms with Crippen molar-refractivity contribution in [3.63, 3.8) is 0 Å². The molecule has 1 fully saturated rings. The Morgan fingerprint density at radius 2 is 1.48 bits per heavy atom. The van der Waals surface area contributed by atoms with E-state index >= 15 is 0 Å². The first-order chi connectivity index (χ1) is 14.0. The third kappa shape index (κ3) is 4.27. The molecule has 1 saturated heterocycles. The summed E-state index contributed by atoms with van der Waals surface area (Å²) in [5, 5.41) is 2.66. The number of carbonyl (C=O) groups is 2. The van der Waals surface area contributed by atoms with Crippen molar-refractivity contribution >= 4 is 51.0 Å². The highest BCUT2D eigenvalue weighted by Crippen LogP contribution is 2.37. The van der Waals surface area contributed by atoms with Gasteiger partial charge in [0.2, 0.25) is 5.91 Å². The summed E-state index contributed by atoms with van der Waals surface area (Å²) in [4.78, 5) is 26.8. The average Bonchev–Trinajstić information content (AvgIpc) is 3.00. The fraction of sp³-hybridized carbons (Fsp3) is 0.130. The molecular weight excluding hydrogens is 470 g/mol. The standard InChI is InChI=1S/C23H17BrClNO2S/c24-16-12-10-15(11-13-16)19(14-6-2-1-3-7-14)20-21(27)22(23(28)26-20)29-18-9-5-4-8-17(18)25/h1-13,19-20,22H,(H,26,28). The number of carbonyl (C=O) groups excluding carboxylic acids is 2. The van der Waals surface area contributed by atoms with Crippen molar-refractivity contribution < 1.29 is 9.59 Å². The van der Waals surface area contributed by atoms with Gasteiger partial charge in [-0.3, -0.25) is 9.59 Å². The van der Waals surface area contributed by atoms with Crippen molar-refractivity contribution in [2.24, 2.45) is 0 Å². The minimum Gasteiger partial charge on any atom is -0.344 e. The molecule has 29 heavy (non-hydrogen) atoms. The van der Waals surface area contributed by atoms with Crippen LogP contribution >= 0.6 is 39.3 Å². The van der Waals surface area contributed by atoms with Gasteiger partial charge in [-0.2, -0.15) is 0 Å². The van der Waals surface area contributed by atoms with Gasteiger partial charge < -0.3 is 5.32 Å². The van der Waals surface area contributed by atoms with Crippen molar-refractivity contribution in [2.45, 2.75) is 22.1 Å². The molecule has 3 aromatic carbocycles. The van der Waals surface area contributed by atoms with Crippen LogP contribution in [-0.4, -0.2) is 23.0 Å². The van der Waals surface area contributed by atoms with Gasteiger partial charge in [0.25, 0.3) is 0 Å². The summed E-state index contributed by atoms with van der Waals surface area (Å²) in [6, 6.07) is 24.3. The van der Waals surface area contributed by atoms with E-state index in [1.165, 1.54) is 11.8 Å². The molecule has 3 aromatic rings. The Balaban J connectivity index is 1.68. The molecule has 146 valence electrons. The highest BCUT2D eigenvalue weighted by Gasteiger charge is 2.46. The molecule has 1 N–H and O–H groups in total. The predicted octanol–water partition coefficient (Wildman–Crippen LogP) is 5.46. The second-order valence-corrected chi connectivity index (χ2v) is 9.23. The molecule has 3 nitrogen and oxygen atoms in total. The summed E-state index contributed by atoms with van der Waals surface area (Å²) in [6.07, 6.45) is 0.